The average Bonchev–Trinajstić information content (AvgIpc) is 2.36. The van der Waals surface area contributed by atoms with E-state index in [0.717, 1.165) is 11.3 Å². The predicted octanol–water partition coefficient (Wildman–Crippen LogP) is 3.19. The fraction of sp³-hybridized carbons (Fsp3) is 0.143. The van der Waals surface area contributed by atoms with Gasteiger partial charge in [-0.1, -0.05) is 11.6 Å². The Labute approximate surface area is 116 Å². The van der Waals surface area contributed by atoms with Crippen molar-refractivity contribution in [3.05, 3.63) is 52.3 Å². The molecule has 0 atom stereocenters. The van der Waals surface area contributed by atoms with Gasteiger partial charge in [-0.05, 0) is 43.7 Å². The summed E-state index contributed by atoms with van der Waals surface area (Å²) in [6.07, 6.45) is 1.60. The fourth-order valence-electron chi connectivity index (χ4n) is 1.72. The first-order valence-corrected chi connectivity index (χ1v) is 6.15. The maximum atomic E-state index is 12.1. The lowest BCUT2D eigenvalue weighted by Crippen LogP contribution is -2.13. The van der Waals surface area contributed by atoms with Gasteiger partial charge in [0.2, 0.25) is 0 Å². The summed E-state index contributed by atoms with van der Waals surface area (Å²) >= 11 is 5.95. The molecule has 3 N–H and O–H groups in total. The Balaban J connectivity index is 2.27. The molecule has 1 aromatic heterocycles. The standard InChI is InChI=1S/C14H14ClN3O/c1-8-5-12(16)11(15)7-13(8)18-14(19)10-3-4-17-9(2)6-10/h3-7H,16H2,1-2H3,(H,18,19). The third-order valence-electron chi connectivity index (χ3n) is 2.75. The van der Waals surface area contributed by atoms with E-state index in [0.29, 0.717) is 22.0 Å². The molecule has 0 aliphatic carbocycles. The van der Waals surface area contributed by atoms with Crippen molar-refractivity contribution >= 4 is 28.9 Å². The van der Waals surface area contributed by atoms with E-state index in [9.17, 15) is 4.79 Å². The first kappa shape index (κ1) is 13.4. The van der Waals surface area contributed by atoms with Gasteiger partial charge in [-0.3, -0.25) is 9.78 Å². The van der Waals surface area contributed by atoms with Gasteiger partial charge in [-0.25, -0.2) is 0 Å². The van der Waals surface area contributed by atoms with Crippen LogP contribution in [-0.2, 0) is 0 Å². The van der Waals surface area contributed by atoms with Crippen LogP contribution in [0, 0.1) is 13.8 Å². The van der Waals surface area contributed by atoms with Gasteiger partial charge in [-0.2, -0.15) is 0 Å². The fourth-order valence-corrected chi connectivity index (χ4v) is 1.88. The van der Waals surface area contributed by atoms with Crippen molar-refractivity contribution in [2.75, 3.05) is 11.1 Å². The van der Waals surface area contributed by atoms with Crippen molar-refractivity contribution in [3.63, 3.8) is 0 Å². The van der Waals surface area contributed by atoms with E-state index in [1.165, 1.54) is 0 Å². The molecule has 2 rings (SSSR count). The molecule has 2 aromatic rings. The molecule has 0 bridgehead atoms. The molecule has 1 heterocycles. The summed E-state index contributed by atoms with van der Waals surface area (Å²) in [4.78, 5) is 16.2. The van der Waals surface area contributed by atoms with Gasteiger partial charge in [0.05, 0.1) is 10.7 Å². The van der Waals surface area contributed by atoms with Crippen LogP contribution in [0.5, 0.6) is 0 Å². The lowest BCUT2D eigenvalue weighted by atomic mass is 10.1. The van der Waals surface area contributed by atoms with Crippen LogP contribution in [0.1, 0.15) is 21.6 Å². The van der Waals surface area contributed by atoms with Crippen molar-refractivity contribution in [2.24, 2.45) is 0 Å². The number of amides is 1. The smallest absolute Gasteiger partial charge is 0.255 e. The summed E-state index contributed by atoms with van der Waals surface area (Å²) in [5.41, 5.74) is 9.06. The zero-order valence-corrected chi connectivity index (χ0v) is 11.5. The second kappa shape index (κ2) is 5.28. The molecule has 1 amide bonds. The number of hydrogen-bond acceptors (Lipinski definition) is 3. The molecule has 4 nitrogen and oxygen atoms in total. The van der Waals surface area contributed by atoms with Crippen LogP contribution in [0.3, 0.4) is 0 Å². The highest BCUT2D eigenvalue weighted by Gasteiger charge is 2.10. The molecule has 0 saturated heterocycles. The van der Waals surface area contributed by atoms with Crippen LogP contribution >= 0.6 is 11.6 Å². The number of nitrogens with one attached hydrogen (secondary N) is 1. The first-order valence-electron chi connectivity index (χ1n) is 5.77. The number of pyridine rings is 1. The van der Waals surface area contributed by atoms with Gasteiger partial charge in [0.25, 0.3) is 5.91 Å². The molecule has 0 aliphatic rings. The Morgan fingerprint density at radius 3 is 2.74 bits per heavy atom. The van der Waals surface area contributed by atoms with Crippen LogP contribution < -0.4 is 11.1 Å². The van der Waals surface area contributed by atoms with Gasteiger partial charge in [0.1, 0.15) is 0 Å². The minimum atomic E-state index is -0.200. The number of anilines is 2. The summed E-state index contributed by atoms with van der Waals surface area (Å²) in [5, 5.41) is 3.24. The Kier molecular flexibility index (Phi) is 3.71. The Morgan fingerprint density at radius 2 is 2.05 bits per heavy atom. The molecule has 0 spiro atoms. The average molecular weight is 276 g/mol. The van der Waals surface area contributed by atoms with Crippen LogP contribution in [0.4, 0.5) is 11.4 Å². The van der Waals surface area contributed by atoms with E-state index in [-0.39, 0.29) is 5.91 Å². The van der Waals surface area contributed by atoms with E-state index in [1.807, 2.05) is 13.8 Å². The number of aromatic nitrogens is 1. The largest absolute Gasteiger partial charge is 0.398 e. The summed E-state index contributed by atoms with van der Waals surface area (Å²) in [6, 6.07) is 6.77. The van der Waals surface area contributed by atoms with Gasteiger partial charge in [0, 0.05) is 23.1 Å². The zero-order valence-electron chi connectivity index (χ0n) is 10.7. The van der Waals surface area contributed by atoms with E-state index in [4.69, 9.17) is 17.3 Å². The molecule has 1 aromatic carbocycles. The molecular weight excluding hydrogens is 262 g/mol. The van der Waals surface area contributed by atoms with Gasteiger partial charge >= 0.3 is 0 Å². The Morgan fingerprint density at radius 1 is 1.32 bits per heavy atom. The van der Waals surface area contributed by atoms with Gasteiger partial charge in [-0.15, -0.1) is 0 Å². The number of nitrogens with two attached hydrogens (primary N) is 1. The molecule has 0 saturated carbocycles. The summed E-state index contributed by atoms with van der Waals surface area (Å²) in [5.74, 6) is -0.200. The van der Waals surface area contributed by atoms with E-state index < -0.39 is 0 Å². The highest BCUT2D eigenvalue weighted by Crippen LogP contribution is 2.27. The quantitative estimate of drug-likeness (QED) is 0.827. The molecule has 98 valence electrons. The Hall–Kier alpha value is -2.07. The molecule has 19 heavy (non-hydrogen) atoms. The number of carbonyl (C=O) groups excluding carboxylic acids is 1. The number of aryl methyl sites for hydroxylation is 2. The minimum Gasteiger partial charge on any atom is -0.398 e. The maximum absolute atomic E-state index is 12.1. The van der Waals surface area contributed by atoms with E-state index in [1.54, 1.807) is 30.5 Å². The first-order chi connectivity index (χ1) is 8.97. The SMILES string of the molecule is Cc1cc(C(=O)Nc2cc(Cl)c(N)cc2C)ccn1. The number of benzene rings is 1. The summed E-state index contributed by atoms with van der Waals surface area (Å²) in [6.45, 7) is 3.70. The number of carbonyl (C=O) groups is 1. The second-order valence-electron chi connectivity index (χ2n) is 4.33. The number of hydrogen-bond donors (Lipinski definition) is 2. The third-order valence-corrected chi connectivity index (χ3v) is 3.08. The maximum Gasteiger partial charge on any atom is 0.255 e. The monoisotopic (exact) mass is 275 g/mol. The van der Waals surface area contributed by atoms with Crippen molar-refractivity contribution < 1.29 is 4.79 Å². The number of nitrogen functional groups attached to an aromatic ring is 1. The lowest BCUT2D eigenvalue weighted by molar-refractivity contribution is 0.102. The minimum absolute atomic E-state index is 0.200. The van der Waals surface area contributed by atoms with Crippen molar-refractivity contribution in [2.45, 2.75) is 13.8 Å². The molecule has 5 heteroatoms. The highest BCUT2D eigenvalue weighted by atomic mass is 35.5. The van der Waals surface area contributed by atoms with Gasteiger partial charge < -0.3 is 11.1 Å². The topological polar surface area (TPSA) is 68.0 Å². The third kappa shape index (κ3) is 3.03. The second-order valence-corrected chi connectivity index (χ2v) is 4.74. The predicted molar refractivity (Wildman–Crippen MR) is 77.5 cm³/mol. The summed E-state index contributed by atoms with van der Waals surface area (Å²) in [7, 11) is 0. The zero-order chi connectivity index (χ0) is 14.0. The molecule has 0 radical (unpaired) electrons. The van der Waals surface area contributed by atoms with Crippen LogP contribution in [0.2, 0.25) is 5.02 Å². The van der Waals surface area contributed by atoms with Crippen molar-refractivity contribution in [1.29, 1.82) is 0 Å². The van der Waals surface area contributed by atoms with E-state index in [2.05, 4.69) is 10.3 Å². The number of nitrogens with zero attached hydrogens (tertiary/aromatic N) is 1. The Bertz CT molecular complexity index is 641. The molecular formula is C14H14ClN3O. The van der Waals surface area contributed by atoms with Crippen LogP contribution in [-0.4, -0.2) is 10.9 Å². The number of rotatable bonds is 2. The normalized spacial score (nSPS) is 10.3. The highest BCUT2D eigenvalue weighted by molar-refractivity contribution is 6.33. The van der Waals surface area contributed by atoms with Gasteiger partial charge in [0.15, 0.2) is 0 Å². The lowest BCUT2D eigenvalue weighted by Gasteiger charge is -2.10. The molecule has 0 unspecified atom stereocenters. The summed E-state index contributed by atoms with van der Waals surface area (Å²) < 4.78 is 0. The van der Waals surface area contributed by atoms with E-state index >= 15 is 0 Å². The number of halogens is 1. The van der Waals surface area contributed by atoms with Crippen molar-refractivity contribution in [1.82, 2.24) is 4.98 Å². The van der Waals surface area contributed by atoms with Crippen LogP contribution in [0.25, 0.3) is 0 Å². The molecule has 0 fully saturated rings. The molecule has 0 aliphatic heterocycles. The van der Waals surface area contributed by atoms with Crippen molar-refractivity contribution in [3.8, 4) is 0 Å². The van der Waals surface area contributed by atoms with Crippen LogP contribution in [0.15, 0.2) is 30.5 Å².